The van der Waals surface area contributed by atoms with Crippen molar-refractivity contribution in [3.63, 3.8) is 0 Å². The van der Waals surface area contributed by atoms with Crippen LogP contribution in [0.1, 0.15) is 17.3 Å². The molecule has 0 saturated carbocycles. The maximum absolute atomic E-state index is 13.7. The van der Waals surface area contributed by atoms with Crippen molar-refractivity contribution in [2.45, 2.75) is 6.92 Å². The Morgan fingerprint density at radius 1 is 0.517 bits per heavy atom. The van der Waals surface area contributed by atoms with Crippen molar-refractivity contribution < 1.29 is 4.79 Å². The van der Waals surface area contributed by atoms with Crippen LogP contribution < -0.4 is 15.9 Å². The van der Waals surface area contributed by atoms with E-state index in [1.165, 1.54) is 15.9 Å². The maximum Gasteiger partial charge on any atom is 0.189 e. The topological polar surface area (TPSA) is 17.1 Å². The third-order valence-corrected chi connectivity index (χ3v) is 9.73. The number of carbonyl (C=O) groups excluding carboxylic acids is 1. The van der Waals surface area contributed by atoms with E-state index in [4.69, 9.17) is 0 Å². The van der Waals surface area contributed by atoms with Gasteiger partial charge in [-0.05, 0) is 29.7 Å². The highest BCUT2D eigenvalue weighted by Gasteiger charge is 2.30. The Hall–Kier alpha value is -3.15. The maximum atomic E-state index is 13.7. The highest BCUT2D eigenvalue weighted by Crippen LogP contribution is 2.46. The SMILES string of the molecule is CC(C(=O)c1ccccc1)=P(c1ccccc1)(c1ccccc1)c1ccccc1. The van der Waals surface area contributed by atoms with E-state index in [1.807, 2.05) is 55.5 Å². The Balaban J connectivity index is 2.15. The number of ketones is 1. The first-order valence-corrected chi connectivity index (χ1v) is 11.5. The molecule has 0 bridgehead atoms. The monoisotopic (exact) mass is 394 g/mol. The molecule has 0 aromatic heterocycles. The van der Waals surface area contributed by atoms with Crippen LogP contribution in [-0.4, -0.2) is 11.1 Å². The van der Waals surface area contributed by atoms with E-state index in [2.05, 4.69) is 72.8 Å². The third-order valence-electron chi connectivity index (χ3n) is 5.30. The molecule has 0 N–H and O–H groups in total. The van der Waals surface area contributed by atoms with E-state index >= 15 is 0 Å². The molecular formula is C27H23OP. The lowest BCUT2D eigenvalue weighted by atomic mass is 10.1. The van der Waals surface area contributed by atoms with Crippen molar-refractivity contribution in [2.75, 3.05) is 0 Å². The molecule has 0 aliphatic carbocycles. The number of rotatable bonds is 5. The molecule has 0 fully saturated rings. The van der Waals surface area contributed by atoms with Crippen molar-refractivity contribution in [1.29, 1.82) is 0 Å². The minimum atomic E-state index is -2.30. The van der Waals surface area contributed by atoms with Gasteiger partial charge in [0.1, 0.15) is 0 Å². The summed E-state index contributed by atoms with van der Waals surface area (Å²) in [5, 5.41) is 4.48. The van der Waals surface area contributed by atoms with E-state index in [0.717, 1.165) is 10.9 Å². The fraction of sp³-hybridized carbons (Fsp3) is 0.0370. The second-order valence-electron chi connectivity index (χ2n) is 6.96. The molecule has 2 heteroatoms. The molecule has 0 amide bonds. The molecule has 4 aromatic carbocycles. The molecule has 0 radical (unpaired) electrons. The average molecular weight is 394 g/mol. The van der Waals surface area contributed by atoms with Gasteiger partial charge in [0.05, 0.1) is 0 Å². The van der Waals surface area contributed by atoms with Crippen LogP contribution in [0.25, 0.3) is 0 Å². The van der Waals surface area contributed by atoms with Crippen LogP contribution >= 0.6 is 6.89 Å². The molecule has 0 aliphatic rings. The zero-order chi connectivity index (χ0) is 20.1. The van der Waals surface area contributed by atoms with Gasteiger partial charge in [-0.15, -0.1) is 0 Å². The quantitative estimate of drug-likeness (QED) is 0.342. The summed E-state index contributed by atoms with van der Waals surface area (Å²) >= 11 is 0. The van der Waals surface area contributed by atoms with Gasteiger partial charge in [0.15, 0.2) is 5.78 Å². The molecule has 0 unspecified atom stereocenters. The van der Waals surface area contributed by atoms with Gasteiger partial charge in [0.25, 0.3) is 0 Å². The zero-order valence-corrected chi connectivity index (χ0v) is 17.3. The van der Waals surface area contributed by atoms with Crippen molar-refractivity contribution >= 4 is 33.9 Å². The minimum absolute atomic E-state index is 0.107. The largest absolute Gasteiger partial charge is 0.289 e. The van der Waals surface area contributed by atoms with Gasteiger partial charge in [-0.3, -0.25) is 4.79 Å². The Morgan fingerprint density at radius 2 is 0.828 bits per heavy atom. The van der Waals surface area contributed by atoms with E-state index in [1.54, 1.807) is 0 Å². The van der Waals surface area contributed by atoms with E-state index in [9.17, 15) is 4.79 Å². The van der Waals surface area contributed by atoms with Crippen molar-refractivity contribution in [1.82, 2.24) is 0 Å². The molecule has 0 saturated heterocycles. The summed E-state index contributed by atoms with van der Waals surface area (Å²) in [5.41, 5.74) is 0.733. The molecule has 0 aliphatic heterocycles. The van der Waals surface area contributed by atoms with Gasteiger partial charge in [0, 0.05) is 10.9 Å². The van der Waals surface area contributed by atoms with Crippen LogP contribution in [0.4, 0.5) is 0 Å². The number of benzene rings is 4. The highest BCUT2D eigenvalue weighted by molar-refractivity contribution is 7.96. The summed E-state index contributed by atoms with van der Waals surface area (Å²) < 4.78 is 0. The van der Waals surface area contributed by atoms with E-state index in [-0.39, 0.29) is 5.78 Å². The lowest BCUT2D eigenvalue weighted by Crippen LogP contribution is -2.32. The normalized spacial score (nSPS) is 11.1. The predicted octanol–water partition coefficient (Wildman–Crippen LogP) is 5.06. The molecule has 0 spiro atoms. The zero-order valence-electron chi connectivity index (χ0n) is 16.4. The molecule has 142 valence electrons. The van der Waals surface area contributed by atoms with E-state index in [0.29, 0.717) is 0 Å². The second kappa shape index (κ2) is 8.47. The average Bonchev–Trinajstić information content (AvgIpc) is 2.82. The number of hydrogen-bond donors (Lipinski definition) is 0. The van der Waals surface area contributed by atoms with Crippen LogP contribution in [0.3, 0.4) is 0 Å². The molecule has 4 aromatic rings. The highest BCUT2D eigenvalue weighted by atomic mass is 31.2. The first kappa shape index (κ1) is 19.2. The van der Waals surface area contributed by atoms with Crippen LogP contribution in [0.15, 0.2) is 121 Å². The van der Waals surface area contributed by atoms with Gasteiger partial charge >= 0.3 is 0 Å². The first-order valence-electron chi connectivity index (χ1n) is 9.74. The van der Waals surface area contributed by atoms with Crippen LogP contribution in [0.2, 0.25) is 0 Å². The Bertz CT molecular complexity index is 1040. The Morgan fingerprint density at radius 3 is 1.17 bits per heavy atom. The predicted molar refractivity (Wildman–Crippen MR) is 127 cm³/mol. The van der Waals surface area contributed by atoms with Crippen molar-refractivity contribution in [3.05, 3.63) is 127 Å². The summed E-state index contributed by atoms with van der Waals surface area (Å²) in [5.74, 6) is 0.107. The summed E-state index contributed by atoms with van der Waals surface area (Å²) in [4.78, 5) is 13.7. The molecule has 0 atom stereocenters. The van der Waals surface area contributed by atoms with Crippen molar-refractivity contribution in [3.8, 4) is 0 Å². The number of hydrogen-bond acceptors (Lipinski definition) is 1. The fourth-order valence-electron chi connectivity index (χ4n) is 3.93. The van der Waals surface area contributed by atoms with Crippen LogP contribution in [0, 0.1) is 0 Å². The molecule has 1 nitrogen and oxygen atoms in total. The Labute approximate surface area is 172 Å². The first-order chi connectivity index (χ1) is 14.2. The molecule has 29 heavy (non-hydrogen) atoms. The third kappa shape index (κ3) is 3.50. The van der Waals surface area contributed by atoms with Gasteiger partial charge < -0.3 is 0 Å². The molecular weight excluding hydrogens is 371 g/mol. The number of carbonyl (C=O) groups is 1. The minimum Gasteiger partial charge on any atom is -0.289 e. The van der Waals surface area contributed by atoms with Crippen LogP contribution in [-0.2, 0) is 0 Å². The van der Waals surface area contributed by atoms with Crippen molar-refractivity contribution in [2.24, 2.45) is 0 Å². The fourth-order valence-corrected chi connectivity index (χ4v) is 8.28. The van der Waals surface area contributed by atoms with Gasteiger partial charge in [-0.25, -0.2) is 0 Å². The lowest BCUT2D eigenvalue weighted by Gasteiger charge is -2.31. The summed E-state index contributed by atoms with van der Waals surface area (Å²) in [6.45, 7) is -0.275. The van der Waals surface area contributed by atoms with Gasteiger partial charge in [0.2, 0.25) is 0 Å². The standard InChI is InChI=1S/C27H23OP/c1-22(27(28)23-14-6-2-7-15-23)29(24-16-8-3-9-17-24,25-18-10-4-11-19-25)26-20-12-5-13-21-26/h2-21H,1H3. The molecule has 0 heterocycles. The lowest BCUT2D eigenvalue weighted by molar-refractivity contribution is 0.106. The van der Waals surface area contributed by atoms with Crippen LogP contribution in [0.5, 0.6) is 0 Å². The second-order valence-corrected chi connectivity index (χ2v) is 10.5. The van der Waals surface area contributed by atoms with Gasteiger partial charge in [-0.1, -0.05) is 121 Å². The number of Topliss-reactive ketones (excluding diaryl/α,β-unsaturated/α-hetero) is 1. The van der Waals surface area contributed by atoms with E-state index < -0.39 is 6.89 Å². The summed E-state index contributed by atoms with van der Waals surface area (Å²) in [6, 6.07) is 41.1. The van der Waals surface area contributed by atoms with Gasteiger partial charge in [-0.2, -0.15) is 0 Å². The smallest absolute Gasteiger partial charge is 0.189 e. The molecule has 4 rings (SSSR count). The summed E-state index contributed by atoms with van der Waals surface area (Å²) in [6.07, 6.45) is 0. The summed E-state index contributed by atoms with van der Waals surface area (Å²) in [7, 11) is 0. The Kier molecular flexibility index (Phi) is 5.60.